The highest BCUT2D eigenvalue weighted by molar-refractivity contribution is 5.47. The summed E-state index contributed by atoms with van der Waals surface area (Å²) in [6.07, 6.45) is 0. The Morgan fingerprint density at radius 2 is 1.83 bits per heavy atom. The summed E-state index contributed by atoms with van der Waals surface area (Å²) in [7, 11) is 0. The lowest BCUT2D eigenvalue weighted by Crippen LogP contribution is -1.98. The topological polar surface area (TPSA) is 46.2 Å². The van der Waals surface area contributed by atoms with E-state index in [2.05, 4.69) is 6.07 Å². The number of nitrogens with zero attached hydrogens (tertiary/aromatic N) is 1. The van der Waals surface area contributed by atoms with Crippen LogP contribution in [0, 0.1) is 32.1 Å². The molecule has 0 fully saturated rings. The SMILES string of the molecule is Cc1ccc(COc2c(C)cc(C#N)cc2C)o1. The summed E-state index contributed by atoms with van der Waals surface area (Å²) in [5.74, 6) is 2.50. The lowest BCUT2D eigenvalue weighted by Gasteiger charge is -2.11. The lowest BCUT2D eigenvalue weighted by atomic mass is 10.1. The maximum absolute atomic E-state index is 8.88. The first-order chi connectivity index (χ1) is 8.60. The van der Waals surface area contributed by atoms with Gasteiger partial charge in [0.15, 0.2) is 0 Å². The molecule has 1 aromatic carbocycles. The van der Waals surface area contributed by atoms with E-state index in [4.69, 9.17) is 14.4 Å². The Morgan fingerprint density at radius 1 is 1.17 bits per heavy atom. The van der Waals surface area contributed by atoms with Gasteiger partial charge in [-0.15, -0.1) is 0 Å². The Labute approximate surface area is 107 Å². The Kier molecular flexibility index (Phi) is 3.38. The molecule has 18 heavy (non-hydrogen) atoms. The minimum atomic E-state index is 0.404. The van der Waals surface area contributed by atoms with E-state index in [0.29, 0.717) is 12.2 Å². The second-order valence-electron chi connectivity index (χ2n) is 4.35. The first-order valence-electron chi connectivity index (χ1n) is 5.79. The zero-order valence-corrected chi connectivity index (χ0v) is 10.8. The van der Waals surface area contributed by atoms with E-state index in [-0.39, 0.29) is 0 Å². The molecule has 0 aliphatic heterocycles. The van der Waals surface area contributed by atoms with Gasteiger partial charge in [-0.2, -0.15) is 5.26 Å². The zero-order chi connectivity index (χ0) is 13.1. The highest BCUT2D eigenvalue weighted by atomic mass is 16.5. The van der Waals surface area contributed by atoms with Crippen LogP contribution in [0.5, 0.6) is 5.75 Å². The van der Waals surface area contributed by atoms with Gasteiger partial charge in [0.1, 0.15) is 23.9 Å². The van der Waals surface area contributed by atoms with Gasteiger partial charge in [0, 0.05) is 0 Å². The van der Waals surface area contributed by atoms with Gasteiger partial charge in [0.2, 0.25) is 0 Å². The third-order valence-electron chi connectivity index (χ3n) is 2.74. The fourth-order valence-electron chi connectivity index (χ4n) is 1.95. The van der Waals surface area contributed by atoms with Crippen molar-refractivity contribution < 1.29 is 9.15 Å². The van der Waals surface area contributed by atoms with Crippen LogP contribution in [-0.4, -0.2) is 0 Å². The second kappa shape index (κ2) is 4.97. The normalized spacial score (nSPS) is 10.1. The zero-order valence-electron chi connectivity index (χ0n) is 10.8. The molecule has 0 atom stereocenters. The van der Waals surface area contributed by atoms with Crippen molar-refractivity contribution in [3.05, 3.63) is 52.5 Å². The van der Waals surface area contributed by atoms with Gasteiger partial charge in [0.25, 0.3) is 0 Å². The molecule has 0 saturated heterocycles. The summed E-state index contributed by atoms with van der Waals surface area (Å²) in [6, 6.07) is 9.62. The molecule has 2 aromatic rings. The maximum Gasteiger partial charge on any atom is 0.146 e. The number of hydrogen-bond donors (Lipinski definition) is 0. The molecule has 0 aliphatic rings. The number of nitriles is 1. The molecule has 1 aromatic heterocycles. The second-order valence-corrected chi connectivity index (χ2v) is 4.35. The average Bonchev–Trinajstić information content (AvgIpc) is 2.73. The van der Waals surface area contributed by atoms with Crippen LogP contribution in [0.15, 0.2) is 28.7 Å². The molecule has 2 rings (SSSR count). The van der Waals surface area contributed by atoms with Crippen LogP contribution in [0.3, 0.4) is 0 Å². The van der Waals surface area contributed by atoms with Gasteiger partial charge in [-0.05, 0) is 56.2 Å². The Morgan fingerprint density at radius 3 is 2.33 bits per heavy atom. The Bertz CT molecular complexity index is 582. The van der Waals surface area contributed by atoms with Gasteiger partial charge in [-0.25, -0.2) is 0 Å². The molecule has 1 heterocycles. The molecule has 0 aliphatic carbocycles. The molecule has 0 amide bonds. The fourth-order valence-corrected chi connectivity index (χ4v) is 1.95. The quantitative estimate of drug-likeness (QED) is 0.823. The van der Waals surface area contributed by atoms with Crippen LogP contribution in [0.2, 0.25) is 0 Å². The van der Waals surface area contributed by atoms with Gasteiger partial charge in [0.05, 0.1) is 11.6 Å². The molecule has 0 saturated carbocycles. The molecular weight excluding hydrogens is 226 g/mol. The highest BCUT2D eigenvalue weighted by Gasteiger charge is 2.08. The van der Waals surface area contributed by atoms with E-state index < -0.39 is 0 Å². The number of furan rings is 1. The number of hydrogen-bond acceptors (Lipinski definition) is 3. The number of aryl methyl sites for hydroxylation is 3. The van der Waals surface area contributed by atoms with E-state index in [1.165, 1.54) is 0 Å². The van der Waals surface area contributed by atoms with Crippen molar-refractivity contribution in [2.45, 2.75) is 27.4 Å². The maximum atomic E-state index is 8.88. The predicted octanol–water partition coefficient (Wildman–Crippen LogP) is 3.66. The molecule has 0 N–H and O–H groups in total. The highest BCUT2D eigenvalue weighted by Crippen LogP contribution is 2.25. The first kappa shape index (κ1) is 12.3. The summed E-state index contributed by atoms with van der Waals surface area (Å²) < 4.78 is 11.2. The average molecular weight is 241 g/mol. The van der Waals surface area contributed by atoms with Crippen LogP contribution in [0.25, 0.3) is 0 Å². The summed E-state index contributed by atoms with van der Waals surface area (Å²) in [5.41, 5.74) is 2.59. The minimum Gasteiger partial charge on any atom is -0.485 e. The van der Waals surface area contributed by atoms with Crippen LogP contribution in [-0.2, 0) is 6.61 Å². The third kappa shape index (κ3) is 2.54. The smallest absolute Gasteiger partial charge is 0.146 e. The number of ether oxygens (including phenoxy) is 1. The van der Waals surface area contributed by atoms with Gasteiger partial charge in [-0.3, -0.25) is 0 Å². The van der Waals surface area contributed by atoms with Crippen molar-refractivity contribution in [3.63, 3.8) is 0 Å². The van der Waals surface area contributed by atoms with Crippen molar-refractivity contribution >= 4 is 0 Å². The molecule has 0 unspecified atom stereocenters. The summed E-state index contributed by atoms with van der Waals surface area (Å²) in [6.45, 7) is 6.19. The van der Waals surface area contributed by atoms with Gasteiger partial charge < -0.3 is 9.15 Å². The van der Waals surface area contributed by atoms with Gasteiger partial charge >= 0.3 is 0 Å². The molecular formula is C15H15NO2. The van der Waals surface area contributed by atoms with Crippen LogP contribution < -0.4 is 4.74 Å². The van der Waals surface area contributed by atoms with Crippen molar-refractivity contribution in [3.8, 4) is 11.8 Å². The van der Waals surface area contributed by atoms with Crippen molar-refractivity contribution in [1.29, 1.82) is 5.26 Å². The predicted molar refractivity (Wildman–Crippen MR) is 68.4 cm³/mol. The van der Waals surface area contributed by atoms with Crippen LogP contribution >= 0.6 is 0 Å². The first-order valence-corrected chi connectivity index (χ1v) is 5.79. The van der Waals surface area contributed by atoms with Crippen LogP contribution in [0.1, 0.15) is 28.2 Å². The minimum absolute atomic E-state index is 0.404. The number of benzene rings is 1. The van der Waals surface area contributed by atoms with E-state index in [0.717, 1.165) is 28.4 Å². The van der Waals surface area contributed by atoms with E-state index in [1.807, 2.05) is 45.0 Å². The molecule has 0 spiro atoms. The van der Waals surface area contributed by atoms with E-state index >= 15 is 0 Å². The Balaban J connectivity index is 2.17. The largest absolute Gasteiger partial charge is 0.485 e. The van der Waals surface area contributed by atoms with Crippen molar-refractivity contribution in [1.82, 2.24) is 0 Å². The summed E-state index contributed by atoms with van der Waals surface area (Å²) in [4.78, 5) is 0. The monoisotopic (exact) mass is 241 g/mol. The molecule has 92 valence electrons. The van der Waals surface area contributed by atoms with E-state index in [9.17, 15) is 0 Å². The molecule has 3 heteroatoms. The van der Waals surface area contributed by atoms with Crippen molar-refractivity contribution in [2.24, 2.45) is 0 Å². The number of rotatable bonds is 3. The summed E-state index contributed by atoms with van der Waals surface area (Å²) >= 11 is 0. The van der Waals surface area contributed by atoms with Gasteiger partial charge in [-0.1, -0.05) is 0 Å². The fraction of sp³-hybridized carbons (Fsp3) is 0.267. The van der Waals surface area contributed by atoms with E-state index in [1.54, 1.807) is 0 Å². The van der Waals surface area contributed by atoms with Crippen molar-refractivity contribution in [2.75, 3.05) is 0 Å². The Hall–Kier alpha value is -2.21. The third-order valence-corrected chi connectivity index (χ3v) is 2.74. The summed E-state index contributed by atoms with van der Waals surface area (Å²) in [5, 5.41) is 8.88. The molecule has 0 bridgehead atoms. The van der Waals surface area contributed by atoms with Crippen LogP contribution in [0.4, 0.5) is 0 Å². The standard InChI is InChI=1S/C15H15NO2/c1-10-6-13(8-16)7-11(2)15(10)17-9-14-5-4-12(3)18-14/h4-7H,9H2,1-3H3. The molecule has 3 nitrogen and oxygen atoms in total. The molecule has 0 radical (unpaired) electrons. The lowest BCUT2D eigenvalue weighted by molar-refractivity contribution is 0.264.